The van der Waals surface area contributed by atoms with Gasteiger partial charge >= 0.3 is 6.18 Å². The molecular weight excluding hydrogens is 317 g/mol. The summed E-state index contributed by atoms with van der Waals surface area (Å²) in [5.74, 6) is -2.60. The van der Waals surface area contributed by atoms with Crippen molar-refractivity contribution < 1.29 is 22.0 Å². The molecule has 23 heavy (non-hydrogen) atoms. The molecule has 2 rings (SSSR count). The van der Waals surface area contributed by atoms with Crippen LogP contribution in [-0.4, -0.2) is 18.7 Å². The molecule has 0 unspecified atom stereocenters. The Morgan fingerprint density at radius 2 is 1.83 bits per heavy atom. The molecule has 0 amide bonds. The van der Waals surface area contributed by atoms with E-state index in [9.17, 15) is 22.0 Å². The molecule has 3 nitrogen and oxygen atoms in total. The second kappa shape index (κ2) is 7.14. The number of guanidine groups is 1. The largest absolute Gasteiger partial charge is 0.391 e. The highest BCUT2D eigenvalue weighted by Crippen LogP contribution is 2.39. The van der Waals surface area contributed by atoms with Crippen molar-refractivity contribution in [2.24, 2.45) is 22.6 Å². The maximum atomic E-state index is 13.4. The van der Waals surface area contributed by atoms with Gasteiger partial charge in [0.2, 0.25) is 0 Å². The Hall–Kier alpha value is -1.86. The topological polar surface area (TPSA) is 50.4 Å². The van der Waals surface area contributed by atoms with Crippen LogP contribution in [0.3, 0.4) is 0 Å². The Kier molecular flexibility index (Phi) is 5.43. The molecule has 0 radical (unpaired) electrons. The highest BCUT2D eigenvalue weighted by atomic mass is 19.4. The molecule has 1 aliphatic rings. The number of hydrogen-bond acceptors (Lipinski definition) is 1. The quantitative estimate of drug-likeness (QED) is 0.497. The van der Waals surface area contributed by atoms with Crippen molar-refractivity contribution in [1.82, 2.24) is 0 Å². The zero-order chi connectivity index (χ0) is 17.0. The van der Waals surface area contributed by atoms with Crippen LogP contribution in [0, 0.1) is 23.5 Å². The van der Waals surface area contributed by atoms with Gasteiger partial charge in [-0.25, -0.2) is 8.78 Å². The van der Waals surface area contributed by atoms with Crippen LogP contribution in [0.5, 0.6) is 0 Å². The van der Waals surface area contributed by atoms with Crippen LogP contribution in [-0.2, 0) is 0 Å². The molecule has 8 heteroatoms. The number of halogens is 5. The van der Waals surface area contributed by atoms with Gasteiger partial charge in [0.05, 0.1) is 11.6 Å². The minimum absolute atomic E-state index is 0.0197. The molecule has 0 atom stereocenters. The van der Waals surface area contributed by atoms with E-state index in [-0.39, 0.29) is 37.0 Å². The van der Waals surface area contributed by atoms with Gasteiger partial charge in [0.1, 0.15) is 11.6 Å². The Morgan fingerprint density at radius 1 is 1.17 bits per heavy atom. The fourth-order valence-electron chi connectivity index (χ4n) is 2.67. The number of nitrogens with one attached hydrogen (secondary N) is 1. The number of anilines is 1. The van der Waals surface area contributed by atoms with Crippen LogP contribution in [0.2, 0.25) is 0 Å². The first kappa shape index (κ1) is 17.5. The van der Waals surface area contributed by atoms with Gasteiger partial charge in [-0.2, -0.15) is 13.2 Å². The van der Waals surface area contributed by atoms with E-state index in [1.807, 2.05) is 0 Å². The lowest BCUT2D eigenvalue weighted by Crippen LogP contribution is -2.29. The third kappa shape index (κ3) is 5.07. The van der Waals surface area contributed by atoms with Crippen LogP contribution in [0.1, 0.15) is 25.7 Å². The third-order valence-electron chi connectivity index (χ3n) is 4.02. The van der Waals surface area contributed by atoms with Crippen molar-refractivity contribution >= 4 is 11.6 Å². The van der Waals surface area contributed by atoms with Crippen LogP contribution in [0.15, 0.2) is 23.2 Å². The first-order valence-electron chi connectivity index (χ1n) is 7.34. The maximum absolute atomic E-state index is 13.4. The molecule has 3 N–H and O–H groups in total. The number of benzene rings is 1. The van der Waals surface area contributed by atoms with E-state index in [0.717, 1.165) is 18.2 Å². The molecule has 1 aromatic carbocycles. The van der Waals surface area contributed by atoms with Crippen molar-refractivity contribution in [3.8, 4) is 0 Å². The molecule has 0 bridgehead atoms. The Balaban J connectivity index is 1.85. The van der Waals surface area contributed by atoms with Crippen molar-refractivity contribution in [2.75, 3.05) is 11.9 Å². The minimum Gasteiger partial charge on any atom is -0.370 e. The first-order chi connectivity index (χ1) is 10.8. The maximum Gasteiger partial charge on any atom is 0.391 e. The molecule has 0 spiro atoms. The Labute approximate surface area is 130 Å². The predicted molar refractivity (Wildman–Crippen MR) is 78.0 cm³/mol. The lowest BCUT2D eigenvalue weighted by molar-refractivity contribution is -0.183. The first-order valence-corrected chi connectivity index (χ1v) is 7.34. The van der Waals surface area contributed by atoms with Crippen LogP contribution in [0.4, 0.5) is 27.6 Å². The van der Waals surface area contributed by atoms with Crippen molar-refractivity contribution in [2.45, 2.75) is 31.9 Å². The van der Waals surface area contributed by atoms with E-state index in [0.29, 0.717) is 12.8 Å². The Morgan fingerprint density at radius 3 is 2.43 bits per heavy atom. The minimum atomic E-state index is -4.14. The normalized spacial score (nSPS) is 22.9. The number of alkyl halides is 3. The van der Waals surface area contributed by atoms with Crippen LogP contribution >= 0.6 is 0 Å². The average molecular weight is 335 g/mol. The predicted octanol–water partition coefficient (Wildman–Crippen LogP) is 4.06. The summed E-state index contributed by atoms with van der Waals surface area (Å²) in [6.45, 7) is 0.264. The SMILES string of the molecule is NC(=NCC1CCC(C(F)(F)F)CC1)Nc1cc(F)ccc1F. The fraction of sp³-hybridized carbons (Fsp3) is 0.533. The molecule has 1 fully saturated rings. The van der Waals surface area contributed by atoms with Crippen LogP contribution in [0.25, 0.3) is 0 Å². The number of rotatable bonds is 3. The molecule has 0 saturated heterocycles. The summed E-state index contributed by atoms with van der Waals surface area (Å²) in [6, 6.07) is 2.89. The second-order valence-electron chi connectivity index (χ2n) is 5.73. The van der Waals surface area contributed by atoms with Crippen molar-refractivity contribution in [1.29, 1.82) is 0 Å². The lowest BCUT2D eigenvalue weighted by atomic mass is 9.82. The molecule has 128 valence electrons. The zero-order valence-corrected chi connectivity index (χ0v) is 12.3. The highest BCUT2D eigenvalue weighted by Gasteiger charge is 2.41. The van der Waals surface area contributed by atoms with Gasteiger partial charge < -0.3 is 11.1 Å². The van der Waals surface area contributed by atoms with Gasteiger partial charge in [-0.05, 0) is 43.7 Å². The summed E-state index contributed by atoms with van der Waals surface area (Å²) in [4.78, 5) is 4.01. The van der Waals surface area contributed by atoms with E-state index in [1.54, 1.807) is 0 Å². The molecular formula is C15H18F5N3. The van der Waals surface area contributed by atoms with Gasteiger partial charge in [0.25, 0.3) is 0 Å². The summed E-state index contributed by atoms with van der Waals surface area (Å²) in [5.41, 5.74) is 5.48. The smallest absolute Gasteiger partial charge is 0.370 e. The Bertz CT molecular complexity index is 563. The van der Waals surface area contributed by atoms with Gasteiger partial charge in [0, 0.05) is 12.6 Å². The monoisotopic (exact) mass is 335 g/mol. The second-order valence-corrected chi connectivity index (χ2v) is 5.73. The number of aliphatic imine (C=N–C) groups is 1. The molecule has 1 saturated carbocycles. The standard InChI is InChI=1S/C15H18F5N3/c16-11-5-6-12(17)13(7-11)23-14(21)22-8-9-1-3-10(4-2-9)15(18,19)20/h5-7,9-10H,1-4,8H2,(H3,21,22,23). The van der Waals surface area contributed by atoms with E-state index in [4.69, 9.17) is 5.73 Å². The highest BCUT2D eigenvalue weighted by molar-refractivity contribution is 5.92. The number of nitrogens with two attached hydrogens (primary N) is 1. The third-order valence-corrected chi connectivity index (χ3v) is 4.02. The van der Waals surface area contributed by atoms with Crippen molar-refractivity contribution in [3.05, 3.63) is 29.8 Å². The van der Waals surface area contributed by atoms with E-state index in [1.165, 1.54) is 0 Å². The molecule has 1 aromatic rings. The summed E-state index contributed by atoms with van der Waals surface area (Å²) in [6.07, 6.45) is -3.10. The lowest BCUT2D eigenvalue weighted by Gasteiger charge is -2.29. The summed E-state index contributed by atoms with van der Waals surface area (Å²) >= 11 is 0. The van der Waals surface area contributed by atoms with E-state index < -0.39 is 23.7 Å². The molecule has 0 aliphatic heterocycles. The van der Waals surface area contributed by atoms with Gasteiger partial charge in [-0.1, -0.05) is 0 Å². The van der Waals surface area contributed by atoms with Gasteiger partial charge in [-0.15, -0.1) is 0 Å². The zero-order valence-electron chi connectivity index (χ0n) is 12.3. The average Bonchev–Trinajstić information content (AvgIpc) is 2.48. The van der Waals surface area contributed by atoms with E-state index in [2.05, 4.69) is 10.3 Å². The van der Waals surface area contributed by atoms with Gasteiger partial charge in [-0.3, -0.25) is 4.99 Å². The van der Waals surface area contributed by atoms with E-state index >= 15 is 0 Å². The number of nitrogens with zero attached hydrogens (tertiary/aromatic N) is 1. The van der Waals surface area contributed by atoms with Gasteiger partial charge in [0.15, 0.2) is 5.96 Å². The summed E-state index contributed by atoms with van der Waals surface area (Å²) < 4.78 is 64.2. The fourth-order valence-corrected chi connectivity index (χ4v) is 2.67. The molecule has 1 aliphatic carbocycles. The summed E-state index contributed by atoms with van der Waals surface area (Å²) in [7, 11) is 0. The van der Waals surface area contributed by atoms with Crippen molar-refractivity contribution in [3.63, 3.8) is 0 Å². The summed E-state index contributed by atoms with van der Waals surface area (Å²) in [5, 5.41) is 2.46. The van der Waals surface area contributed by atoms with Crippen LogP contribution < -0.4 is 11.1 Å². The number of hydrogen-bond donors (Lipinski definition) is 2. The molecule has 0 heterocycles. The molecule has 0 aromatic heterocycles.